The summed E-state index contributed by atoms with van der Waals surface area (Å²) in [5.41, 5.74) is 4.25. The number of aryl methyl sites for hydroxylation is 2. The quantitative estimate of drug-likeness (QED) is 0.363. The third-order valence-electron chi connectivity index (χ3n) is 5.44. The molecule has 0 unspecified atom stereocenters. The molecular weight excluding hydrogens is 422 g/mol. The minimum atomic E-state index is -0.509. The number of para-hydroxylation sites is 1. The van der Waals surface area contributed by atoms with E-state index in [1.165, 1.54) is 4.90 Å². The average Bonchev–Trinajstić information content (AvgIpc) is 3.16. The van der Waals surface area contributed by atoms with Gasteiger partial charge in [-0.25, -0.2) is 0 Å². The number of nitrogens with zero attached hydrogens (tertiary/aromatic N) is 2. The van der Waals surface area contributed by atoms with E-state index in [9.17, 15) is 9.59 Å². The third-order valence-corrected chi connectivity index (χ3v) is 5.73. The van der Waals surface area contributed by atoms with Crippen LogP contribution in [0.4, 0.5) is 5.69 Å². The van der Waals surface area contributed by atoms with Gasteiger partial charge in [-0.3, -0.25) is 19.8 Å². The van der Waals surface area contributed by atoms with E-state index in [-0.39, 0.29) is 10.7 Å². The summed E-state index contributed by atoms with van der Waals surface area (Å²) in [7, 11) is 1.62. The van der Waals surface area contributed by atoms with Crippen molar-refractivity contribution < 1.29 is 14.3 Å². The molecule has 1 fully saturated rings. The summed E-state index contributed by atoms with van der Waals surface area (Å²) < 4.78 is 7.22. The van der Waals surface area contributed by atoms with E-state index in [1.54, 1.807) is 13.2 Å². The molecule has 1 N–H and O–H groups in total. The molecule has 6 nitrogen and oxygen atoms in total. The second kappa shape index (κ2) is 8.80. The molecule has 2 aromatic carbocycles. The van der Waals surface area contributed by atoms with E-state index in [4.69, 9.17) is 17.0 Å². The van der Waals surface area contributed by atoms with E-state index >= 15 is 0 Å². The minimum Gasteiger partial charge on any atom is -0.497 e. The molecule has 1 aliphatic heterocycles. The molecule has 1 saturated heterocycles. The first-order valence-electron chi connectivity index (χ1n) is 10.3. The summed E-state index contributed by atoms with van der Waals surface area (Å²) in [5.74, 6) is -0.204. The zero-order valence-corrected chi connectivity index (χ0v) is 18.9. The van der Waals surface area contributed by atoms with Crippen LogP contribution in [0.25, 0.3) is 11.8 Å². The van der Waals surface area contributed by atoms with Crippen LogP contribution in [0.5, 0.6) is 5.75 Å². The van der Waals surface area contributed by atoms with Crippen LogP contribution in [0.15, 0.2) is 66.2 Å². The van der Waals surface area contributed by atoms with Gasteiger partial charge in [-0.15, -0.1) is 0 Å². The Kier molecular flexibility index (Phi) is 5.92. The maximum absolute atomic E-state index is 13.4. The summed E-state index contributed by atoms with van der Waals surface area (Å²) in [6, 6.07) is 19.0. The number of anilines is 1. The monoisotopic (exact) mass is 445 g/mol. The number of aromatic nitrogens is 1. The van der Waals surface area contributed by atoms with Gasteiger partial charge < -0.3 is 9.30 Å². The number of nitrogens with one attached hydrogen (secondary N) is 1. The topological polar surface area (TPSA) is 63.6 Å². The van der Waals surface area contributed by atoms with Crippen LogP contribution in [0.3, 0.4) is 0 Å². The van der Waals surface area contributed by atoms with Gasteiger partial charge in [0.05, 0.1) is 12.8 Å². The van der Waals surface area contributed by atoms with Gasteiger partial charge >= 0.3 is 0 Å². The number of carbonyl (C=O) groups is 2. The van der Waals surface area contributed by atoms with Gasteiger partial charge in [0, 0.05) is 17.1 Å². The molecule has 7 heteroatoms. The maximum Gasteiger partial charge on any atom is 0.270 e. The summed E-state index contributed by atoms with van der Waals surface area (Å²) in [5, 5.41) is 2.75. The molecule has 162 valence electrons. The lowest BCUT2D eigenvalue weighted by molar-refractivity contribution is -0.122. The highest BCUT2D eigenvalue weighted by Crippen LogP contribution is 2.27. The van der Waals surface area contributed by atoms with Crippen molar-refractivity contribution >= 4 is 40.9 Å². The number of ether oxygens (including phenoxy) is 1. The standard InChI is InChI=1S/C25H23N3O3S/c1-4-17-7-5-6-8-22(17)28-24(30)21(23(29)26-25(28)32)15-19-10-9-16(2)27(19)18-11-13-20(31-3)14-12-18/h5-15H,4H2,1-3H3,(H,26,29,32)/b21-15+. The number of benzene rings is 2. The Morgan fingerprint density at radius 3 is 2.44 bits per heavy atom. The first kappa shape index (κ1) is 21.5. The fraction of sp³-hybridized carbons (Fsp3) is 0.160. The van der Waals surface area contributed by atoms with Crippen molar-refractivity contribution in [3.8, 4) is 11.4 Å². The van der Waals surface area contributed by atoms with E-state index in [0.29, 0.717) is 11.4 Å². The summed E-state index contributed by atoms with van der Waals surface area (Å²) in [4.78, 5) is 27.6. The number of hydrogen-bond acceptors (Lipinski definition) is 4. The van der Waals surface area contributed by atoms with Crippen molar-refractivity contribution in [1.82, 2.24) is 9.88 Å². The minimum absolute atomic E-state index is 0.0253. The predicted molar refractivity (Wildman–Crippen MR) is 129 cm³/mol. The van der Waals surface area contributed by atoms with Crippen molar-refractivity contribution in [3.05, 3.63) is 83.2 Å². The lowest BCUT2D eigenvalue weighted by atomic mass is 10.1. The number of methoxy groups -OCH3 is 1. The van der Waals surface area contributed by atoms with Gasteiger partial charge in [0.2, 0.25) is 0 Å². The van der Waals surface area contributed by atoms with Crippen molar-refractivity contribution in [1.29, 1.82) is 0 Å². The molecule has 3 aromatic rings. The SMILES string of the molecule is CCc1ccccc1N1C(=O)/C(=C/c2ccc(C)n2-c2ccc(OC)cc2)C(=O)NC1=S. The molecule has 32 heavy (non-hydrogen) atoms. The second-order valence-electron chi connectivity index (χ2n) is 7.37. The molecule has 0 atom stereocenters. The fourth-order valence-corrected chi connectivity index (χ4v) is 4.08. The van der Waals surface area contributed by atoms with Gasteiger partial charge in [-0.2, -0.15) is 0 Å². The Bertz CT molecular complexity index is 1240. The zero-order valence-electron chi connectivity index (χ0n) is 18.1. The van der Waals surface area contributed by atoms with E-state index < -0.39 is 11.8 Å². The highest BCUT2D eigenvalue weighted by Gasteiger charge is 2.35. The number of rotatable bonds is 5. The highest BCUT2D eigenvalue weighted by molar-refractivity contribution is 7.80. The lowest BCUT2D eigenvalue weighted by Crippen LogP contribution is -2.54. The summed E-state index contributed by atoms with van der Waals surface area (Å²) in [6.07, 6.45) is 2.34. The molecule has 1 aromatic heterocycles. The lowest BCUT2D eigenvalue weighted by Gasteiger charge is -2.30. The molecule has 4 rings (SSSR count). The van der Waals surface area contributed by atoms with Gasteiger partial charge in [-0.05, 0) is 79.7 Å². The normalized spacial score (nSPS) is 15.3. The van der Waals surface area contributed by atoms with Gasteiger partial charge in [-0.1, -0.05) is 25.1 Å². The average molecular weight is 446 g/mol. The Labute approximate surface area is 192 Å². The molecule has 0 aliphatic carbocycles. The van der Waals surface area contributed by atoms with Crippen LogP contribution in [-0.2, 0) is 16.0 Å². The van der Waals surface area contributed by atoms with Gasteiger partial charge in [0.1, 0.15) is 11.3 Å². The first-order chi connectivity index (χ1) is 15.4. The number of hydrogen-bond donors (Lipinski definition) is 1. The molecule has 0 spiro atoms. The number of thiocarbonyl (C=S) groups is 1. The van der Waals surface area contributed by atoms with Gasteiger partial charge in [0.15, 0.2) is 5.11 Å². The van der Waals surface area contributed by atoms with Crippen molar-refractivity contribution in [2.45, 2.75) is 20.3 Å². The van der Waals surface area contributed by atoms with Crippen LogP contribution < -0.4 is 15.0 Å². The second-order valence-corrected chi connectivity index (χ2v) is 7.76. The maximum atomic E-state index is 13.4. The number of carbonyl (C=O) groups excluding carboxylic acids is 2. The Hall–Kier alpha value is -3.71. The van der Waals surface area contributed by atoms with Crippen molar-refractivity contribution in [2.75, 3.05) is 12.0 Å². The summed E-state index contributed by atoms with van der Waals surface area (Å²) >= 11 is 5.35. The molecule has 2 amide bonds. The Morgan fingerprint density at radius 2 is 1.75 bits per heavy atom. The fourth-order valence-electron chi connectivity index (χ4n) is 3.81. The van der Waals surface area contributed by atoms with E-state index in [1.807, 2.05) is 79.1 Å². The molecule has 0 bridgehead atoms. The molecule has 0 saturated carbocycles. The summed E-state index contributed by atoms with van der Waals surface area (Å²) in [6.45, 7) is 3.98. The number of amides is 2. The van der Waals surface area contributed by atoms with Crippen LogP contribution in [-0.4, -0.2) is 28.6 Å². The Balaban J connectivity index is 1.78. The van der Waals surface area contributed by atoms with Crippen LogP contribution >= 0.6 is 12.2 Å². The van der Waals surface area contributed by atoms with Crippen LogP contribution in [0.1, 0.15) is 23.9 Å². The zero-order chi connectivity index (χ0) is 22.8. The van der Waals surface area contributed by atoms with Crippen molar-refractivity contribution in [3.63, 3.8) is 0 Å². The van der Waals surface area contributed by atoms with Crippen LogP contribution in [0.2, 0.25) is 0 Å². The Morgan fingerprint density at radius 1 is 1.03 bits per heavy atom. The van der Waals surface area contributed by atoms with Crippen molar-refractivity contribution in [2.24, 2.45) is 0 Å². The van der Waals surface area contributed by atoms with Crippen LogP contribution in [0, 0.1) is 6.92 Å². The molecule has 1 aliphatic rings. The van der Waals surface area contributed by atoms with E-state index in [0.717, 1.165) is 29.1 Å². The highest BCUT2D eigenvalue weighted by atomic mass is 32.1. The predicted octanol–water partition coefficient (Wildman–Crippen LogP) is 4.19. The largest absolute Gasteiger partial charge is 0.497 e. The molecular formula is C25H23N3O3S. The smallest absolute Gasteiger partial charge is 0.270 e. The van der Waals surface area contributed by atoms with Gasteiger partial charge in [0.25, 0.3) is 11.8 Å². The first-order valence-corrected chi connectivity index (χ1v) is 10.7. The molecule has 0 radical (unpaired) electrons. The van der Waals surface area contributed by atoms with E-state index in [2.05, 4.69) is 5.32 Å². The molecule has 2 heterocycles. The third kappa shape index (κ3) is 3.83.